The first-order valence-electron chi connectivity index (χ1n) is 12.3. The highest BCUT2D eigenvalue weighted by Gasteiger charge is 2.55. The lowest BCUT2D eigenvalue weighted by Gasteiger charge is -2.37. The lowest BCUT2D eigenvalue weighted by Crippen LogP contribution is -2.44. The second-order valence-corrected chi connectivity index (χ2v) is 11.8. The number of nitrogens with one attached hydrogen (secondary N) is 2. The number of carbonyl (C=O) groups is 1. The Morgan fingerprint density at radius 3 is 2.58 bits per heavy atom. The molecule has 2 aromatic heterocycles. The Labute approximate surface area is 227 Å². The summed E-state index contributed by atoms with van der Waals surface area (Å²) in [4.78, 5) is 23.4. The van der Waals surface area contributed by atoms with Crippen molar-refractivity contribution in [1.82, 2.24) is 15.3 Å². The third kappa shape index (κ3) is 4.78. The van der Waals surface area contributed by atoms with Gasteiger partial charge in [0.05, 0.1) is 29.1 Å². The van der Waals surface area contributed by atoms with Crippen LogP contribution in [-0.4, -0.2) is 56.8 Å². The van der Waals surface area contributed by atoms with E-state index in [9.17, 15) is 13.2 Å². The summed E-state index contributed by atoms with van der Waals surface area (Å²) in [6.07, 6.45) is 6.37. The Balaban J connectivity index is 0.00000336. The molecule has 5 rings (SSSR count). The maximum atomic E-state index is 16.3. The molecular weight excluding hydrogens is 533 g/mol. The van der Waals surface area contributed by atoms with Crippen LogP contribution >= 0.6 is 12.4 Å². The van der Waals surface area contributed by atoms with Gasteiger partial charge in [-0.05, 0) is 31.0 Å². The van der Waals surface area contributed by atoms with E-state index in [2.05, 4.69) is 20.0 Å². The SMILES string of the molecule is CC(C)NCCOc1ncc(-c2ccc3ncc4c(c3c2F)C2(CCC2)C(=O)N4C)cc1NS(C)(=O)=O.Cl. The van der Waals surface area contributed by atoms with Crippen molar-refractivity contribution >= 4 is 50.6 Å². The summed E-state index contributed by atoms with van der Waals surface area (Å²) in [6.45, 7) is 4.83. The fourth-order valence-corrected chi connectivity index (χ4v) is 5.76. The van der Waals surface area contributed by atoms with Crippen molar-refractivity contribution in [1.29, 1.82) is 0 Å². The monoisotopic (exact) mass is 563 g/mol. The highest BCUT2D eigenvalue weighted by molar-refractivity contribution is 7.92. The van der Waals surface area contributed by atoms with Crippen LogP contribution in [0.2, 0.25) is 0 Å². The maximum Gasteiger partial charge on any atom is 0.238 e. The molecule has 0 radical (unpaired) electrons. The van der Waals surface area contributed by atoms with Gasteiger partial charge in [0, 0.05) is 47.9 Å². The zero-order valence-corrected chi connectivity index (χ0v) is 23.3. The van der Waals surface area contributed by atoms with Crippen LogP contribution in [0.3, 0.4) is 0 Å². The van der Waals surface area contributed by atoms with Gasteiger partial charge in [0.1, 0.15) is 18.1 Å². The van der Waals surface area contributed by atoms with Gasteiger partial charge in [-0.2, -0.15) is 0 Å². The summed E-state index contributed by atoms with van der Waals surface area (Å²) >= 11 is 0. The molecule has 0 saturated heterocycles. The van der Waals surface area contributed by atoms with E-state index < -0.39 is 21.3 Å². The second-order valence-electron chi connectivity index (χ2n) is 10.0. The maximum absolute atomic E-state index is 16.3. The van der Waals surface area contributed by atoms with Gasteiger partial charge in [-0.1, -0.05) is 20.3 Å². The summed E-state index contributed by atoms with van der Waals surface area (Å²) < 4.78 is 48.5. The molecule has 2 aliphatic rings. The molecule has 1 fully saturated rings. The number of nitrogens with zero attached hydrogens (tertiary/aromatic N) is 3. The van der Waals surface area contributed by atoms with Crippen molar-refractivity contribution in [3.63, 3.8) is 0 Å². The van der Waals surface area contributed by atoms with Crippen LogP contribution in [0, 0.1) is 5.82 Å². The van der Waals surface area contributed by atoms with Crippen LogP contribution in [0.1, 0.15) is 38.7 Å². The van der Waals surface area contributed by atoms with Crippen LogP contribution in [0.25, 0.3) is 22.0 Å². The first-order valence-corrected chi connectivity index (χ1v) is 14.2. The smallest absolute Gasteiger partial charge is 0.238 e. The number of likely N-dealkylation sites (N-methyl/N-ethyl adjacent to an activating group) is 1. The van der Waals surface area contributed by atoms with E-state index in [0.29, 0.717) is 47.1 Å². The molecule has 1 saturated carbocycles. The number of pyridine rings is 2. The van der Waals surface area contributed by atoms with Crippen LogP contribution in [0.5, 0.6) is 5.88 Å². The van der Waals surface area contributed by atoms with Crippen molar-refractivity contribution in [2.24, 2.45) is 0 Å². The quantitative estimate of drug-likeness (QED) is 0.398. The minimum Gasteiger partial charge on any atom is -0.475 e. The molecule has 3 aromatic rings. The number of aromatic nitrogens is 2. The molecule has 1 spiro atoms. The summed E-state index contributed by atoms with van der Waals surface area (Å²) in [5.74, 6) is -0.440. The zero-order chi connectivity index (χ0) is 26.5. The molecule has 204 valence electrons. The highest BCUT2D eigenvalue weighted by Crippen LogP contribution is 2.55. The fraction of sp³-hybridized carbons (Fsp3) is 0.423. The summed E-state index contributed by atoms with van der Waals surface area (Å²) in [6, 6.07) is 5.10. The minimum atomic E-state index is -3.65. The predicted molar refractivity (Wildman–Crippen MR) is 148 cm³/mol. The zero-order valence-electron chi connectivity index (χ0n) is 21.7. The molecule has 0 atom stereocenters. The van der Waals surface area contributed by atoms with E-state index in [1.807, 2.05) is 13.8 Å². The number of ether oxygens (including phenoxy) is 1. The van der Waals surface area contributed by atoms with Crippen LogP contribution in [0.4, 0.5) is 15.8 Å². The van der Waals surface area contributed by atoms with Gasteiger partial charge >= 0.3 is 0 Å². The largest absolute Gasteiger partial charge is 0.475 e. The Hall–Kier alpha value is -3.02. The Morgan fingerprint density at radius 1 is 1.21 bits per heavy atom. The number of hydrogen-bond acceptors (Lipinski definition) is 7. The third-order valence-corrected chi connectivity index (χ3v) is 7.65. The summed E-state index contributed by atoms with van der Waals surface area (Å²) in [7, 11) is -1.95. The van der Waals surface area contributed by atoms with Crippen LogP contribution in [-0.2, 0) is 20.2 Å². The van der Waals surface area contributed by atoms with E-state index in [4.69, 9.17) is 4.74 Å². The van der Waals surface area contributed by atoms with Crippen molar-refractivity contribution in [3.05, 3.63) is 42.0 Å². The first-order chi connectivity index (χ1) is 17.5. The van der Waals surface area contributed by atoms with Gasteiger partial charge in [0.25, 0.3) is 0 Å². The normalized spacial score (nSPS) is 15.9. The predicted octanol–water partition coefficient (Wildman–Crippen LogP) is 4.00. The Morgan fingerprint density at radius 2 is 1.95 bits per heavy atom. The lowest BCUT2D eigenvalue weighted by atomic mass is 9.64. The Kier molecular flexibility index (Phi) is 7.57. The first kappa shape index (κ1) is 28.0. The molecule has 9 nitrogen and oxygen atoms in total. The van der Waals surface area contributed by atoms with Gasteiger partial charge in [-0.25, -0.2) is 17.8 Å². The lowest BCUT2D eigenvalue weighted by molar-refractivity contribution is -0.125. The van der Waals surface area contributed by atoms with E-state index in [-0.39, 0.29) is 48.1 Å². The molecule has 38 heavy (non-hydrogen) atoms. The van der Waals surface area contributed by atoms with Crippen molar-refractivity contribution in [2.45, 2.75) is 44.6 Å². The molecule has 2 N–H and O–H groups in total. The van der Waals surface area contributed by atoms with Crippen LogP contribution in [0.15, 0.2) is 30.6 Å². The summed E-state index contributed by atoms with van der Waals surface area (Å²) in [5.41, 5.74) is 1.79. The number of benzene rings is 1. The number of anilines is 2. The van der Waals surface area contributed by atoms with Gasteiger partial charge in [-0.15, -0.1) is 12.4 Å². The fourth-order valence-electron chi connectivity index (χ4n) is 5.21. The number of amides is 1. The highest BCUT2D eigenvalue weighted by atomic mass is 35.5. The molecule has 1 aromatic carbocycles. The number of rotatable bonds is 8. The van der Waals surface area contributed by atoms with E-state index in [1.54, 1.807) is 30.3 Å². The van der Waals surface area contributed by atoms with Crippen molar-refractivity contribution in [3.8, 4) is 17.0 Å². The minimum absolute atomic E-state index is 0. The van der Waals surface area contributed by atoms with Crippen LogP contribution < -0.4 is 19.7 Å². The second kappa shape index (κ2) is 10.3. The number of hydrogen-bond donors (Lipinski definition) is 2. The topological polar surface area (TPSA) is 114 Å². The molecule has 1 amide bonds. The van der Waals surface area contributed by atoms with Gasteiger partial charge in [-0.3, -0.25) is 14.5 Å². The molecule has 1 aliphatic heterocycles. The molecular formula is C26H31ClFN5O4S. The molecule has 1 aliphatic carbocycles. The van der Waals surface area contributed by atoms with Gasteiger partial charge in [0.15, 0.2) is 0 Å². The number of halogens is 2. The standard InChI is InChI=1S/C26H30FN5O4S.ClH/c1-15(2)28-10-11-36-24-19(31-37(4,34)35)12-16(13-30-24)17-6-7-18-21(23(17)27)22-20(14-29-18)32(3)25(33)26(22)8-5-9-26;/h6-7,12-15,28,31H,5,8-11H2,1-4H3;1H. The summed E-state index contributed by atoms with van der Waals surface area (Å²) in [5, 5.41) is 3.54. The van der Waals surface area contributed by atoms with E-state index in [0.717, 1.165) is 12.7 Å². The van der Waals surface area contributed by atoms with E-state index in [1.165, 1.54) is 12.3 Å². The molecule has 0 bridgehead atoms. The van der Waals surface area contributed by atoms with Crippen molar-refractivity contribution in [2.75, 3.05) is 36.1 Å². The molecule has 12 heteroatoms. The van der Waals surface area contributed by atoms with Crippen molar-refractivity contribution < 1.29 is 22.3 Å². The third-order valence-electron chi connectivity index (χ3n) is 7.06. The number of sulfonamides is 1. The van der Waals surface area contributed by atoms with E-state index >= 15 is 4.39 Å². The number of carbonyl (C=O) groups excluding carboxylic acids is 1. The molecule has 3 heterocycles. The Bertz CT molecular complexity index is 1510. The van der Waals surface area contributed by atoms with Gasteiger partial charge in [0.2, 0.25) is 21.8 Å². The number of fused-ring (bicyclic) bond motifs is 4. The average molecular weight is 564 g/mol. The molecule has 0 unspecified atom stereocenters. The average Bonchev–Trinajstić information content (AvgIpc) is 3.03. The van der Waals surface area contributed by atoms with Gasteiger partial charge < -0.3 is 15.0 Å².